The molecule has 1 atom stereocenters. The van der Waals surface area contributed by atoms with Crippen molar-refractivity contribution >= 4 is 17.7 Å². The van der Waals surface area contributed by atoms with Gasteiger partial charge in [-0.1, -0.05) is 48.5 Å². The summed E-state index contributed by atoms with van der Waals surface area (Å²) in [5.41, 5.74) is 3.89. The molecule has 2 aromatic carbocycles. The Morgan fingerprint density at radius 1 is 1.09 bits per heavy atom. The SMILES string of the molecule is COC(=O)NN(c1ccccc1)[C@@H](Cc1ccccc1)C(=O)O. The lowest BCUT2D eigenvalue weighted by atomic mass is 10.1. The van der Waals surface area contributed by atoms with Crippen molar-refractivity contribution in [2.75, 3.05) is 12.1 Å². The van der Waals surface area contributed by atoms with Gasteiger partial charge in [0.25, 0.3) is 0 Å². The molecule has 2 rings (SSSR count). The maximum atomic E-state index is 11.8. The molecule has 0 unspecified atom stereocenters. The van der Waals surface area contributed by atoms with E-state index in [0.29, 0.717) is 5.69 Å². The number of rotatable bonds is 6. The normalized spacial score (nSPS) is 11.3. The standard InChI is InChI=1S/C17H18N2O4/c1-23-17(22)18-19(14-10-6-3-7-11-14)15(16(20)21)12-13-8-4-2-5-9-13/h2-11,15H,12H2,1H3,(H,18,22)(H,20,21)/t15-/m0/s1. The molecule has 0 radical (unpaired) electrons. The van der Waals surface area contributed by atoms with Crippen LogP contribution in [0.4, 0.5) is 10.5 Å². The molecule has 0 spiro atoms. The lowest BCUT2D eigenvalue weighted by molar-refractivity contribution is -0.138. The maximum Gasteiger partial charge on any atom is 0.425 e. The first kappa shape index (κ1) is 16.4. The number of amides is 1. The van der Waals surface area contributed by atoms with Crippen LogP contribution in [0.25, 0.3) is 0 Å². The summed E-state index contributed by atoms with van der Waals surface area (Å²) in [5.74, 6) is -1.05. The molecule has 0 fully saturated rings. The minimum atomic E-state index is -1.05. The van der Waals surface area contributed by atoms with Crippen LogP contribution in [0, 0.1) is 0 Å². The number of carbonyl (C=O) groups is 2. The van der Waals surface area contributed by atoms with Crippen molar-refractivity contribution in [3.63, 3.8) is 0 Å². The largest absolute Gasteiger partial charge is 0.480 e. The van der Waals surface area contributed by atoms with Gasteiger partial charge in [-0.15, -0.1) is 0 Å². The highest BCUT2D eigenvalue weighted by atomic mass is 16.5. The molecule has 0 saturated carbocycles. The summed E-state index contributed by atoms with van der Waals surface area (Å²) >= 11 is 0. The Bertz CT molecular complexity index is 646. The molecule has 6 heteroatoms. The first-order valence-electron chi connectivity index (χ1n) is 7.07. The van der Waals surface area contributed by atoms with Gasteiger partial charge in [0.05, 0.1) is 12.8 Å². The van der Waals surface area contributed by atoms with Crippen LogP contribution in [0.5, 0.6) is 0 Å². The Labute approximate surface area is 134 Å². The van der Waals surface area contributed by atoms with E-state index >= 15 is 0 Å². The summed E-state index contributed by atoms with van der Waals surface area (Å²) in [6, 6.07) is 17.0. The van der Waals surface area contributed by atoms with E-state index in [1.807, 2.05) is 36.4 Å². The van der Waals surface area contributed by atoms with E-state index in [4.69, 9.17) is 0 Å². The summed E-state index contributed by atoms with van der Waals surface area (Å²) in [6.07, 6.45) is -0.497. The second-order valence-electron chi connectivity index (χ2n) is 4.85. The van der Waals surface area contributed by atoms with Crippen LogP contribution in [0.1, 0.15) is 5.56 Å². The topological polar surface area (TPSA) is 78.9 Å². The molecule has 2 aromatic rings. The summed E-state index contributed by atoms with van der Waals surface area (Å²) in [4.78, 5) is 23.4. The summed E-state index contributed by atoms with van der Waals surface area (Å²) < 4.78 is 4.60. The molecule has 23 heavy (non-hydrogen) atoms. The number of methoxy groups -OCH3 is 1. The third kappa shape index (κ3) is 4.47. The van der Waals surface area contributed by atoms with Crippen LogP contribution in [0.15, 0.2) is 60.7 Å². The average Bonchev–Trinajstić information content (AvgIpc) is 2.59. The van der Waals surface area contributed by atoms with Crippen LogP contribution < -0.4 is 10.4 Å². The van der Waals surface area contributed by atoms with E-state index in [1.165, 1.54) is 12.1 Å². The number of benzene rings is 2. The predicted octanol–water partition coefficient (Wildman–Crippen LogP) is 2.46. The molecule has 1 amide bonds. The number of carboxylic acids is 1. The molecule has 0 saturated heterocycles. The number of carbonyl (C=O) groups excluding carboxylic acids is 1. The van der Waals surface area contributed by atoms with E-state index in [1.54, 1.807) is 24.3 Å². The minimum absolute atomic E-state index is 0.231. The van der Waals surface area contributed by atoms with Crippen LogP contribution in [-0.2, 0) is 16.0 Å². The fraction of sp³-hybridized carbons (Fsp3) is 0.176. The Balaban J connectivity index is 2.32. The molecule has 0 heterocycles. The average molecular weight is 314 g/mol. The number of hydrogen-bond acceptors (Lipinski definition) is 4. The zero-order valence-corrected chi connectivity index (χ0v) is 12.7. The number of anilines is 1. The highest BCUT2D eigenvalue weighted by molar-refractivity contribution is 5.81. The van der Waals surface area contributed by atoms with Crippen molar-refractivity contribution in [2.24, 2.45) is 0 Å². The molecule has 6 nitrogen and oxygen atoms in total. The summed E-state index contributed by atoms with van der Waals surface area (Å²) in [6.45, 7) is 0. The zero-order valence-electron chi connectivity index (χ0n) is 12.7. The van der Waals surface area contributed by atoms with Gasteiger partial charge in [0.1, 0.15) is 0 Å². The summed E-state index contributed by atoms with van der Waals surface area (Å²) in [7, 11) is 1.23. The first-order chi connectivity index (χ1) is 11.1. The number of nitrogens with zero attached hydrogens (tertiary/aromatic N) is 1. The van der Waals surface area contributed by atoms with Gasteiger partial charge in [-0.3, -0.25) is 5.01 Å². The molecule has 0 aliphatic rings. The van der Waals surface area contributed by atoms with Gasteiger partial charge in [0, 0.05) is 6.42 Å². The summed E-state index contributed by atoms with van der Waals surface area (Å²) in [5, 5.41) is 10.9. The second kappa shape index (κ2) is 7.84. The lowest BCUT2D eigenvalue weighted by Gasteiger charge is -2.30. The molecule has 0 aliphatic heterocycles. The molecule has 2 N–H and O–H groups in total. The smallest absolute Gasteiger partial charge is 0.425 e. The van der Waals surface area contributed by atoms with Crippen molar-refractivity contribution in [3.05, 3.63) is 66.2 Å². The lowest BCUT2D eigenvalue weighted by Crippen LogP contribution is -2.53. The van der Waals surface area contributed by atoms with Gasteiger partial charge in [0.2, 0.25) is 0 Å². The fourth-order valence-corrected chi connectivity index (χ4v) is 2.18. The van der Waals surface area contributed by atoms with E-state index in [2.05, 4.69) is 10.2 Å². The van der Waals surface area contributed by atoms with Gasteiger partial charge in [-0.25, -0.2) is 15.0 Å². The van der Waals surface area contributed by atoms with Crippen LogP contribution in [0.2, 0.25) is 0 Å². The predicted molar refractivity (Wildman–Crippen MR) is 86.0 cm³/mol. The highest BCUT2D eigenvalue weighted by Gasteiger charge is 2.28. The molecular weight excluding hydrogens is 296 g/mol. The Hall–Kier alpha value is -3.02. The van der Waals surface area contributed by atoms with Gasteiger partial charge in [-0.05, 0) is 17.7 Å². The molecule has 0 aliphatic carbocycles. The van der Waals surface area contributed by atoms with Gasteiger partial charge in [-0.2, -0.15) is 0 Å². The van der Waals surface area contributed by atoms with Crippen molar-refractivity contribution in [1.29, 1.82) is 0 Å². The third-order valence-electron chi connectivity index (χ3n) is 3.30. The van der Waals surface area contributed by atoms with Crippen molar-refractivity contribution < 1.29 is 19.4 Å². The number of hydrazine groups is 1. The fourth-order valence-electron chi connectivity index (χ4n) is 2.18. The minimum Gasteiger partial charge on any atom is -0.480 e. The van der Waals surface area contributed by atoms with Gasteiger partial charge >= 0.3 is 12.1 Å². The quantitative estimate of drug-likeness (QED) is 0.801. The maximum absolute atomic E-state index is 11.8. The highest BCUT2D eigenvalue weighted by Crippen LogP contribution is 2.17. The molecule has 0 bridgehead atoms. The van der Waals surface area contributed by atoms with E-state index in [-0.39, 0.29) is 6.42 Å². The van der Waals surface area contributed by atoms with Gasteiger partial charge in [0.15, 0.2) is 6.04 Å². The van der Waals surface area contributed by atoms with E-state index < -0.39 is 18.1 Å². The molecule has 0 aromatic heterocycles. The van der Waals surface area contributed by atoms with Crippen molar-refractivity contribution in [2.45, 2.75) is 12.5 Å². The third-order valence-corrected chi connectivity index (χ3v) is 3.30. The van der Waals surface area contributed by atoms with E-state index in [9.17, 15) is 14.7 Å². The van der Waals surface area contributed by atoms with Crippen molar-refractivity contribution in [3.8, 4) is 0 Å². The Morgan fingerprint density at radius 2 is 1.65 bits per heavy atom. The van der Waals surface area contributed by atoms with Crippen molar-refractivity contribution in [1.82, 2.24) is 5.43 Å². The number of carboxylic acid groups (broad SMARTS) is 1. The second-order valence-corrected chi connectivity index (χ2v) is 4.85. The Morgan fingerprint density at radius 3 is 2.17 bits per heavy atom. The van der Waals surface area contributed by atoms with E-state index in [0.717, 1.165) is 5.56 Å². The van der Waals surface area contributed by atoms with Crippen LogP contribution >= 0.6 is 0 Å². The zero-order chi connectivity index (χ0) is 16.7. The van der Waals surface area contributed by atoms with Gasteiger partial charge < -0.3 is 9.84 Å². The first-order valence-corrected chi connectivity index (χ1v) is 7.07. The number of para-hydroxylation sites is 1. The number of nitrogens with one attached hydrogen (secondary N) is 1. The van der Waals surface area contributed by atoms with Crippen LogP contribution in [0.3, 0.4) is 0 Å². The molecule has 120 valence electrons. The number of hydrogen-bond donors (Lipinski definition) is 2. The molecular formula is C17H18N2O4. The van der Waals surface area contributed by atoms with Crippen LogP contribution in [-0.4, -0.2) is 30.3 Å². The number of aliphatic carboxylic acids is 1. The Kier molecular flexibility index (Phi) is 5.57. The monoisotopic (exact) mass is 314 g/mol. The number of ether oxygens (including phenoxy) is 1.